The molecule has 236 valence electrons. The van der Waals surface area contributed by atoms with E-state index in [1.807, 2.05) is 17.7 Å². The van der Waals surface area contributed by atoms with Crippen molar-refractivity contribution in [3.8, 4) is 0 Å². The minimum atomic E-state index is -0.295. The molecule has 2 amide bonds. The number of amides is 2. The van der Waals surface area contributed by atoms with E-state index in [-0.39, 0.29) is 24.4 Å². The van der Waals surface area contributed by atoms with Crippen LogP contribution in [0.5, 0.6) is 0 Å². The summed E-state index contributed by atoms with van der Waals surface area (Å²) < 4.78 is 7.08. The van der Waals surface area contributed by atoms with Gasteiger partial charge in [0.05, 0.1) is 43.7 Å². The average Bonchev–Trinajstić information content (AvgIpc) is 3.31. The molecule has 1 aliphatic heterocycles. The Morgan fingerprint density at radius 3 is 2.51 bits per heavy atom. The van der Waals surface area contributed by atoms with Crippen LogP contribution < -0.4 is 20.9 Å². The van der Waals surface area contributed by atoms with Crippen molar-refractivity contribution in [3.05, 3.63) is 62.5 Å². The molecule has 3 heterocycles. The average molecular weight is 651 g/mol. The first-order valence-electron chi connectivity index (χ1n) is 15.7. The number of rotatable bonds is 8. The molecule has 0 radical (unpaired) electrons. The Morgan fingerprint density at radius 1 is 1.04 bits per heavy atom. The largest absolute Gasteiger partial charge is 0.370 e. The number of carbonyl (C=O) groups is 2. The van der Waals surface area contributed by atoms with E-state index in [1.165, 1.54) is 12.8 Å². The normalized spacial score (nSPS) is 19.5. The van der Waals surface area contributed by atoms with Crippen molar-refractivity contribution in [2.24, 2.45) is 18.9 Å². The first-order chi connectivity index (χ1) is 21.7. The summed E-state index contributed by atoms with van der Waals surface area (Å²) >= 11 is 13.5. The second-order valence-electron chi connectivity index (χ2n) is 12.7. The summed E-state index contributed by atoms with van der Waals surface area (Å²) in [4.78, 5) is 33.7. The number of halogens is 2. The zero-order chi connectivity index (χ0) is 31.4. The molecule has 2 aromatic carbocycles. The lowest BCUT2D eigenvalue weighted by atomic mass is 9.95. The van der Waals surface area contributed by atoms with Gasteiger partial charge in [0.15, 0.2) is 0 Å². The number of hydrogen-bond donors (Lipinski definition) is 3. The standard InChI is InChI=1S/C33H37Cl2N7O3/c1-17-28(18(2)45-40-17)32(44)36-14-19-9-10-24(34)30(29(19)35)39-33-38-25-12-23(31(43)37-22-7-5-4-6-8-22)26(13-27(25)41(33)3)42-15-20-11-21(20)16-42/h9-10,12-13,20-22H,4-8,11,14-16H2,1-3H3,(H,36,44)(H,37,43)(H,38,39). The first kappa shape index (κ1) is 29.9. The van der Waals surface area contributed by atoms with E-state index in [9.17, 15) is 9.59 Å². The molecule has 4 aromatic rings. The van der Waals surface area contributed by atoms with Crippen LogP contribution in [0.15, 0.2) is 28.8 Å². The molecule has 2 saturated carbocycles. The number of imidazole rings is 1. The van der Waals surface area contributed by atoms with E-state index >= 15 is 0 Å². The highest BCUT2D eigenvalue weighted by Gasteiger charge is 2.45. The fourth-order valence-corrected chi connectivity index (χ4v) is 7.45. The molecule has 7 rings (SSSR count). The number of benzene rings is 2. The monoisotopic (exact) mass is 649 g/mol. The van der Waals surface area contributed by atoms with Gasteiger partial charge in [0, 0.05) is 32.7 Å². The van der Waals surface area contributed by atoms with E-state index < -0.39 is 0 Å². The van der Waals surface area contributed by atoms with Gasteiger partial charge >= 0.3 is 0 Å². The van der Waals surface area contributed by atoms with E-state index in [2.05, 4.69) is 32.1 Å². The Kier molecular flexibility index (Phi) is 7.90. The van der Waals surface area contributed by atoms with Crippen LogP contribution in [0.1, 0.15) is 76.3 Å². The van der Waals surface area contributed by atoms with E-state index in [1.54, 1.807) is 26.0 Å². The van der Waals surface area contributed by atoms with E-state index in [0.717, 1.165) is 61.8 Å². The molecule has 3 N–H and O–H groups in total. The maximum Gasteiger partial charge on any atom is 0.257 e. The number of hydrogen-bond acceptors (Lipinski definition) is 7. The van der Waals surface area contributed by atoms with Crippen molar-refractivity contribution in [2.75, 3.05) is 23.3 Å². The third-order valence-electron chi connectivity index (χ3n) is 9.61. The van der Waals surface area contributed by atoms with E-state index in [0.29, 0.717) is 55.3 Å². The maximum absolute atomic E-state index is 13.7. The summed E-state index contributed by atoms with van der Waals surface area (Å²) in [6, 6.07) is 7.75. The third-order valence-corrected chi connectivity index (χ3v) is 10.4. The predicted octanol–water partition coefficient (Wildman–Crippen LogP) is 6.68. The lowest BCUT2D eigenvalue weighted by Gasteiger charge is -2.26. The number of anilines is 3. The lowest BCUT2D eigenvalue weighted by molar-refractivity contribution is 0.0925. The molecule has 1 saturated heterocycles. The van der Waals surface area contributed by atoms with Crippen LogP contribution in [0, 0.1) is 25.7 Å². The van der Waals surface area contributed by atoms with Gasteiger partial charge in [-0.3, -0.25) is 9.59 Å². The van der Waals surface area contributed by atoms with Crippen LogP contribution in [0.4, 0.5) is 17.3 Å². The number of piperidine rings is 1. The summed E-state index contributed by atoms with van der Waals surface area (Å²) in [5, 5.41) is 14.2. The minimum Gasteiger partial charge on any atom is -0.370 e. The highest BCUT2D eigenvalue weighted by atomic mass is 35.5. The first-order valence-corrected chi connectivity index (χ1v) is 16.4. The van der Waals surface area contributed by atoms with Crippen molar-refractivity contribution in [2.45, 2.75) is 65.0 Å². The van der Waals surface area contributed by atoms with Crippen LogP contribution in [0.2, 0.25) is 10.0 Å². The Labute approximate surface area is 271 Å². The highest BCUT2D eigenvalue weighted by molar-refractivity contribution is 6.39. The van der Waals surface area contributed by atoms with Gasteiger partial charge < -0.3 is 29.9 Å². The van der Waals surface area contributed by atoms with Crippen LogP contribution in [0.3, 0.4) is 0 Å². The van der Waals surface area contributed by atoms with Crippen LogP contribution in [-0.4, -0.2) is 45.7 Å². The lowest BCUT2D eigenvalue weighted by Crippen LogP contribution is -2.37. The quantitative estimate of drug-likeness (QED) is 0.195. The minimum absolute atomic E-state index is 0.0306. The smallest absolute Gasteiger partial charge is 0.257 e. The molecule has 2 atom stereocenters. The molecule has 2 aliphatic carbocycles. The molecule has 12 heteroatoms. The number of nitrogens with zero attached hydrogens (tertiary/aromatic N) is 4. The predicted molar refractivity (Wildman–Crippen MR) is 176 cm³/mol. The molecular formula is C33H37Cl2N7O3. The van der Waals surface area contributed by atoms with Crippen LogP contribution in [0.25, 0.3) is 11.0 Å². The summed E-state index contributed by atoms with van der Waals surface area (Å²) in [5.74, 6) is 2.11. The van der Waals surface area contributed by atoms with Crippen LogP contribution in [-0.2, 0) is 13.6 Å². The molecule has 0 spiro atoms. The zero-order valence-corrected chi connectivity index (χ0v) is 27.2. The molecule has 45 heavy (non-hydrogen) atoms. The fourth-order valence-electron chi connectivity index (χ4n) is 6.92. The zero-order valence-electron chi connectivity index (χ0n) is 25.7. The van der Waals surface area contributed by atoms with Gasteiger partial charge in [-0.1, -0.05) is 53.7 Å². The van der Waals surface area contributed by atoms with Crippen molar-refractivity contribution in [1.29, 1.82) is 0 Å². The second kappa shape index (κ2) is 11.9. The summed E-state index contributed by atoms with van der Waals surface area (Å²) in [6.45, 7) is 5.56. The summed E-state index contributed by atoms with van der Waals surface area (Å²) in [5.41, 5.74) is 5.34. The number of carbonyl (C=O) groups excluding carboxylic acids is 2. The van der Waals surface area contributed by atoms with Gasteiger partial charge in [0.25, 0.3) is 11.8 Å². The molecule has 0 bridgehead atoms. The van der Waals surface area contributed by atoms with Gasteiger partial charge in [-0.25, -0.2) is 4.98 Å². The van der Waals surface area contributed by atoms with Crippen molar-refractivity contribution in [3.63, 3.8) is 0 Å². The Bertz CT molecular complexity index is 1780. The maximum atomic E-state index is 13.7. The van der Waals surface area contributed by atoms with Gasteiger partial charge in [0.2, 0.25) is 5.95 Å². The Balaban J connectivity index is 1.17. The molecule has 2 aromatic heterocycles. The van der Waals surface area contributed by atoms with Gasteiger partial charge in [-0.05, 0) is 68.7 Å². The molecule has 10 nitrogen and oxygen atoms in total. The van der Waals surface area contributed by atoms with Gasteiger partial charge in [-0.15, -0.1) is 0 Å². The van der Waals surface area contributed by atoms with Crippen molar-refractivity contribution < 1.29 is 14.1 Å². The Morgan fingerprint density at radius 2 is 1.80 bits per heavy atom. The SMILES string of the molecule is Cc1noc(C)c1C(=O)NCc1ccc(Cl)c(Nc2nc3cc(C(=O)NC4CCCCC4)c(N4CC5CC5C4)cc3n2C)c1Cl. The summed E-state index contributed by atoms with van der Waals surface area (Å²) in [6.07, 6.45) is 6.88. The number of aromatic nitrogens is 3. The van der Waals surface area contributed by atoms with Gasteiger partial charge in [0.1, 0.15) is 11.3 Å². The number of fused-ring (bicyclic) bond motifs is 2. The fraction of sp³-hybridized carbons (Fsp3) is 0.455. The number of nitrogens with one attached hydrogen (secondary N) is 3. The topological polar surface area (TPSA) is 117 Å². The molecule has 3 fully saturated rings. The Hall–Kier alpha value is -3.76. The summed E-state index contributed by atoms with van der Waals surface area (Å²) in [7, 11) is 1.93. The van der Waals surface area contributed by atoms with Crippen molar-refractivity contribution in [1.82, 2.24) is 25.3 Å². The second-order valence-corrected chi connectivity index (χ2v) is 13.5. The molecule has 2 unspecified atom stereocenters. The third kappa shape index (κ3) is 5.74. The van der Waals surface area contributed by atoms with Crippen molar-refractivity contribution >= 4 is 63.4 Å². The highest BCUT2D eigenvalue weighted by Crippen LogP contribution is 2.47. The molecule has 3 aliphatic rings. The van der Waals surface area contributed by atoms with Gasteiger partial charge in [-0.2, -0.15) is 0 Å². The van der Waals surface area contributed by atoms with Crippen LogP contribution >= 0.6 is 23.2 Å². The number of aryl methyl sites for hydroxylation is 3. The molecular weight excluding hydrogens is 613 g/mol. The van der Waals surface area contributed by atoms with E-state index in [4.69, 9.17) is 32.7 Å².